The zero-order valence-electron chi connectivity index (χ0n) is 15.0. The lowest BCUT2D eigenvalue weighted by atomic mass is 10.3. The molecule has 2 fully saturated rings. The van der Waals surface area contributed by atoms with E-state index in [1.807, 2.05) is 20.8 Å². The van der Waals surface area contributed by atoms with Crippen molar-refractivity contribution in [1.82, 2.24) is 14.9 Å². The Balaban J connectivity index is 0.00000288. The van der Waals surface area contributed by atoms with Gasteiger partial charge in [0.1, 0.15) is 0 Å². The molecule has 0 bridgehead atoms. The summed E-state index contributed by atoms with van der Waals surface area (Å²) in [5.41, 5.74) is 0. The Kier molecular flexibility index (Phi) is 8.71. The van der Waals surface area contributed by atoms with Crippen molar-refractivity contribution in [3.8, 4) is 0 Å². The highest BCUT2D eigenvalue weighted by Crippen LogP contribution is 2.28. The quantitative estimate of drug-likeness (QED) is 0.341. The van der Waals surface area contributed by atoms with E-state index in [4.69, 9.17) is 4.74 Å². The van der Waals surface area contributed by atoms with Gasteiger partial charge in [-0.1, -0.05) is 6.92 Å². The highest BCUT2D eigenvalue weighted by atomic mass is 127. The van der Waals surface area contributed by atoms with Crippen molar-refractivity contribution in [2.24, 2.45) is 10.9 Å². The highest BCUT2D eigenvalue weighted by molar-refractivity contribution is 14.0. The second kappa shape index (κ2) is 9.54. The fourth-order valence-electron chi connectivity index (χ4n) is 2.78. The summed E-state index contributed by atoms with van der Waals surface area (Å²) in [4.78, 5) is 4.40. The molecule has 2 N–H and O–H groups in total. The van der Waals surface area contributed by atoms with Crippen LogP contribution >= 0.6 is 24.0 Å². The molecule has 1 saturated carbocycles. The number of nitrogens with zero attached hydrogens (tertiary/aromatic N) is 2. The van der Waals surface area contributed by atoms with Crippen molar-refractivity contribution in [2.75, 3.05) is 31.9 Å². The Hall–Kier alpha value is -0.130. The largest absolute Gasteiger partial charge is 0.373 e. The van der Waals surface area contributed by atoms with Crippen LogP contribution in [-0.2, 0) is 14.8 Å². The molecule has 0 aromatic rings. The summed E-state index contributed by atoms with van der Waals surface area (Å²) in [6, 6.07) is 0.463. The molecule has 4 unspecified atom stereocenters. The van der Waals surface area contributed by atoms with Gasteiger partial charge in [-0.3, -0.25) is 4.99 Å². The molecule has 24 heavy (non-hydrogen) atoms. The van der Waals surface area contributed by atoms with Crippen LogP contribution in [0.3, 0.4) is 0 Å². The summed E-state index contributed by atoms with van der Waals surface area (Å²) in [7, 11) is -3.29. The van der Waals surface area contributed by atoms with Crippen LogP contribution in [0.2, 0.25) is 0 Å². The van der Waals surface area contributed by atoms with Crippen LogP contribution in [0.1, 0.15) is 34.1 Å². The molecule has 1 aliphatic carbocycles. The molecule has 0 aromatic heterocycles. The lowest BCUT2D eigenvalue weighted by Crippen LogP contribution is -2.49. The maximum absolute atomic E-state index is 12.5. The fourth-order valence-corrected chi connectivity index (χ4v) is 4.23. The normalized spacial score (nSPS) is 31.2. The van der Waals surface area contributed by atoms with Crippen LogP contribution in [0.25, 0.3) is 0 Å². The summed E-state index contributed by atoms with van der Waals surface area (Å²) in [5, 5.41) is 6.50. The number of ether oxygens (including phenoxy) is 1. The molecule has 0 amide bonds. The molecule has 9 heteroatoms. The Morgan fingerprint density at radius 3 is 2.33 bits per heavy atom. The van der Waals surface area contributed by atoms with E-state index in [-0.39, 0.29) is 48.5 Å². The first-order chi connectivity index (χ1) is 10.8. The van der Waals surface area contributed by atoms with Gasteiger partial charge in [0.05, 0.1) is 24.5 Å². The first-order valence-electron chi connectivity index (χ1n) is 8.50. The van der Waals surface area contributed by atoms with Crippen molar-refractivity contribution in [3.63, 3.8) is 0 Å². The summed E-state index contributed by atoms with van der Waals surface area (Å²) in [6.45, 7) is 9.87. The molecular weight excluding hydrogens is 443 g/mol. The number of guanidine groups is 1. The number of aliphatic imine (C=N–C) groups is 1. The van der Waals surface area contributed by atoms with Crippen LogP contribution < -0.4 is 10.6 Å². The van der Waals surface area contributed by atoms with Gasteiger partial charge in [-0.2, -0.15) is 4.31 Å². The van der Waals surface area contributed by atoms with E-state index in [0.29, 0.717) is 31.0 Å². The third-order valence-corrected chi connectivity index (χ3v) is 5.96. The average molecular weight is 474 g/mol. The van der Waals surface area contributed by atoms with E-state index in [9.17, 15) is 8.42 Å². The monoisotopic (exact) mass is 474 g/mol. The molecule has 0 spiro atoms. The maximum Gasteiger partial charge on any atom is 0.216 e. The Labute approximate surface area is 163 Å². The first kappa shape index (κ1) is 21.9. The zero-order chi connectivity index (χ0) is 17.0. The molecular formula is C15H31IN4O3S. The van der Waals surface area contributed by atoms with Crippen LogP contribution in [0.5, 0.6) is 0 Å². The lowest BCUT2D eigenvalue weighted by Gasteiger charge is -2.34. The molecule has 1 aliphatic heterocycles. The number of halogens is 1. The predicted molar refractivity (Wildman–Crippen MR) is 107 cm³/mol. The number of nitrogens with one attached hydrogen (secondary N) is 2. The third-order valence-electron chi connectivity index (χ3n) is 4.17. The molecule has 2 rings (SSSR count). The summed E-state index contributed by atoms with van der Waals surface area (Å²) < 4.78 is 32.1. The van der Waals surface area contributed by atoms with Gasteiger partial charge in [-0.25, -0.2) is 8.42 Å². The fraction of sp³-hybridized carbons (Fsp3) is 0.933. The van der Waals surface area contributed by atoms with Gasteiger partial charge in [0.25, 0.3) is 0 Å². The minimum atomic E-state index is -3.29. The van der Waals surface area contributed by atoms with E-state index in [1.54, 1.807) is 0 Å². The summed E-state index contributed by atoms with van der Waals surface area (Å²) in [5.74, 6) is 1.41. The molecule has 0 radical (unpaired) electrons. The second-order valence-electron chi connectivity index (χ2n) is 6.61. The van der Waals surface area contributed by atoms with E-state index in [2.05, 4.69) is 22.5 Å². The van der Waals surface area contributed by atoms with Gasteiger partial charge in [-0.15, -0.1) is 24.0 Å². The highest BCUT2D eigenvalue weighted by Gasteiger charge is 2.33. The summed E-state index contributed by atoms with van der Waals surface area (Å²) in [6.07, 6.45) is 1.02. The molecule has 1 heterocycles. The first-order valence-corrected chi connectivity index (χ1v) is 10.1. The van der Waals surface area contributed by atoms with E-state index in [0.717, 1.165) is 13.0 Å². The molecule has 1 saturated heterocycles. The van der Waals surface area contributed by atoms with E-state index >= 15 is 0 Å². The third kappa shape index (κ3) is 6.64. The Morgan fingerprint density at radius 1 is 1.25 bits per heavy atom. The Bertz CT molecular complexity index is 519. The van der Waals surface area contributed by atoms with Gasteiger partial charge in [0.2, 0.25) is 10.0 Å². The standard InChI is InChI=1S/C15H30N4O3S.HI/c1-5-16-15(18-14-8-11(14)2)17-6-7-23(20,21)19-9-12(3)22-13(4)10-19;/h11-14H,5-10H2,1-4H3,(H2,16,17,18);1H. The zero-order valence-corrected chi connectivity index (χ0v) is 18.1. The van der Waals surface area contributed by atoms with Crippen molar-refractivity contribution >= 4 is 40.0 Å². The van der Waals surface area contributed by atoms with Crippen LogP contribution in [-0.4, -0.2) is 68.9 Å². The number of hydrogen-bond donors (Lipinski definition) is 2. The average Bonchev–Trinajstić information content (AvgIpc) is 3.13. The van der Waals surface area contributed by atoms with Crippen molar-refractivity contribution in [3.05, 3.63) is 0 Å². The molecule has 7 nitrogen and oxygen atoms in total. The molecule has 4 atom stereocenters. The maximum atomic E-state index is 12.5. The minimum Gasteiger partial charge on any atom is -0.373 e. The molecule has 0 aromatic carbocycles. The van der Waals surface area contributed by atoms with E-state index < -0.39 is 10.0 Å². The topological polar surface area (TPSA) is 83.0 Å². The van der Waals surface area contributed by atoms with Crippen LogP contribution in [0, 0.1) is 5.92 Å². The lowest BCUT2D eigenvalue weighted by molar-refractivity contribution is -0.0440. The van der Waals surface area contributed by atoms with Crippen molar-refractivity contribution in [1.29, 1.82) is 0 Å². The minimum absolute atomic E-state index is 0. The number of morpholine rings is 1. The van der Waals surface area contributed by atoms with Gasteiger partial charge in [0, 0.05) is 25.7 Å². The van der Waals surface area contributed by atoms with Crippen LogP contribution in [0.15, 0.2) is 4.99 Å². The smallest absolute Gasteiger partial charge is 0.216 e. The van der Waals surface area contributed by atoms with Gasteiger partial charge in [-0.05, 0) is 33.1 Å². The molecule has 2 aliphatic rings. The van der Waals surface area contributed by atoms with Gasteiger partial charge < -0.3 is 15.4 Å². The Morgan fingerprint density at radius 2 is 1.83 bits per heavy atom. The summed E-state index contributed by atoms with van der Waals surface area (Å²) >= 11 is 0. The van der Waals surface area contributed by atoms with Crippen LogP contribution in [0.4, 0.5) is 0 Å². The molecule has 142 valence electrons. The number of hydrogen-bond acceptors (Lipinski definition) is 4. The predicted octanol–water partition coefficient (Wildman–Crippen LogP) is 1.01. The van der Waals surface area contributed by atoms with Gasteiger partial charge >= 0.3 is 0 Å². The van der Waals surface area contributed by atoms with Crippen molar-refractivity contribution < 1.29 is 13.2 Å². The van der Waals surface area contributed by atoms with Crippen molar-refractivity contribution in [2.45, 2.75) is 52.4 Å². The van der Waals surface area contributed by atoms with Gasteiger partial charge in [0.15, 0.2) is 5.96 Å². The number of sulfonamides is 1. The second-order valence-corrected chi connectivity index (χ2v) is 8.70. The van der Waals surface area contributed by atoms with E-state index in [1.165, 1.54) is 4.31 Å². The SMILES string of the molecule is CCNC(=NCCS(=O)(=O)N1CC(C)OC(C)C1)NC1CC1C.I. The number of rotatable bonds is 6.